The number of amides is 1. The molecule has 6 heteroatoms. The summed E-state index contributed by atoms with van der Waals surface area (Å²) in [6.07, 6.45) is -3.51. The van der Waals surface area contributed by atoms with Crippen LogP contribution in [0.5, 0.6) is 0 Å². The van der Waals surface area contributed by atoms with Gasteiger partial charge in [-0.1, -0.05) is 13.0 Å². The van der Waals surface area contributed by atoms with Gasteiger partial charge >= 0.3 is 6.18 Å². The minimum absolute atomic E-state index is 0.122. The number of hydrogen-bond donors (Lipinski definition) is 2. The van der Waals surface area contributed by atoms with Crippen LogP contribution in [0.2, 0.25) is 0 Å². The third kappa shape index (κ3) is 3.00. The average Bonchev–Trinajstić information content (AvgIpc) is 3.01. The van der Waals surface area contributed by atoms with Gasteiger partial charge in [-0.3, -0.25) is 4.79 Å². The van der Waals surface area contributed by atoms with E-state index < -0.39 is 23.3 Å². The van der Waals surface area contributed by atoms with Crippen molar-refractivity contribution in [2.45, 2.75) is 19.5 Å². The number of hydrogen-bond acceptors (Lipinski definition) is 2. The molecule has 0 saturated heterocycles. The Kier molecular flexibility index (Phi) is 3.43. The van der Waals surface area contributed by atoms with E-state index in [1.807, 2.05) is 0 Å². The van der Waals surface area contributed by atoms with Gasteiger partial charge in [0.05, 0.1) is 16.8 Å². The highest BCUT2D eigenvalue weighted by Crippen LogP contribution is 2.37. The molecule has 0 bridgehead atoms. The highest BCUT2D eigenvalue weighted by Gasteiger charge is 2.35. The van der Waals surface area contributed by atoms with E-state index in [1.165, 1.54) is 12.1 Å². The molecule has 0 aliphatic heterocycles. The summed E-state index contributed by atoms with van der Waals surface area (Å²) in [5, 5.41) is 2.62. The van der Waals surface area contributed by atoms with E-state index in [-0.39, 0.29) is 5.56 Å². The lowest BCUT2D eigenvalue weighted by Crippen LogP contribution is -2.27. The predicted molar refractivity (Wildman–Crippen MR) is 65.5 cm³/mol. The predicted octanol–water partition coefficient (Wildman–Crippen LogP) is 2.67. The molecule has 19 heavy (non-hydrogen) atoms. The molecule has 0 heterocycles. The summed E-state index contributed by atoms with van der Waals surface area (Å²) < 4.78 is 38.0. The van der Waals surface area contributed by atoms with E-state index in [1.54, 1.807) is 0 Å². The van der Waals surface area contributed by atoms with E-state index in [0.29, 0.717) is 18.4 Å². The Morgan fingerprint density at radius 3 is 2.63 bits per heavy atom. The number of halogens is 3. The maximum atomic E-state index is 12.7. The first kappa shape index (κ1) is 13.7. The fourth-order valence-corrected chi connectivity index (χ4v) is 2.01. The van der Waals surface area contributed by atoms with Gasteiger partial charge < -0.3 is 11.1 Å². The van der Waals surface area contributed by atoms with Crippen molar-refractivity contribution in [2.75, 3.05) is 12.3 Å². The van der Waals surface area contributed by atoms with E-state index in [4.69, 9.17) is 5.73 Å². The van der Waals surface area contributed by atoms with Crippen molar-refractivity contribution in [1.29, 1.82) is 0 Å². The second-order valence-corrected chi connectivity index (χ2v) is 4.95. The van der Waals surface area contributed by atoms with Crippen LogP contribution in [0.4, 0.5) is 18.9 Å². The zero-order valence-corrected chi connectivity index (χ0v) is 10.4. The molecule has 1 aliphatic carbocycles. The summed E-state index contributed by atoms with van der Waals surface area (Å²) in [5.74, 6) is 0.442. The van der Waals surface area contributed by atoms with Crippen LogP contribution in [0.1, 0.15) is 29.3 Å². The summed E-state index contributed by atoms with van der Waals surface area (Å²) in [4.78, 5) is 11.8. The Bertz CT molecular complexity index is 499. The Labute approximate surface area is 109 Å². The molecule has 0 spiro atoms. The van der Waals surface area contributed by atoms with Gasteiger partial charge in [0.25, 0.3) is 5.91 Å². The molecule has 1 aliphatic rings. The van der Waals surface area contributed by atoms with Gasteiger partial charge in [-0.05, 0) is 30.4 Å². The molecule has 1 aromatic rings. The third-order valence-electron chi connectivity index (χ3n) is 3.46. The van der Waals surface area contributed by atoms with Crippen LogP contribution in [-0.4, -0.2) is 12.5 Å². The molecular weight excluding hydrogens is 257 g/mol. The fraction of sp³-hybridized carbons (Fsp3) is 0.462. The molecule has 3 N–H and O–H groups in total. The lowest BCUT2D eigenvalue weighted by atomic mass is 10.1. The first-order valence-electron chi connectivity index (χ1n) is 6.04. The Morgan fingerprint density at radius 2 is 2.11 bits per heavy atom. The van der Waals surface area contributed by atoms with Crippen molar-refractivity contribution in [1.82, 2.24) is 5.32 Å². The van der Waals surface area contributed by atoms with E-state index >= 15 is 0 Å². The van der Waals surface area contributed by atoms with E-state index in [9.17, 15) is 18.0 Å². The number of para-hydroxylation sites is 1. The number of anilines is 1. The number of nitrogens with two attached hydrogens (primary N) is 1. The van der Waals surface area contributed by atoms with Gasteiger partial charge in [0.1, 0.15) is 0 Å². The molecule has 2 rings (SSSR count). The second kappa shape index (κ2) is 4.75. The number of nitrogen functional groups attached to an aromatic ring is 1. The van der Waals surface area contributed by atoms with Crippen LogP contribution >= 0.6 is 0 Å². The largest absolute Gasteiger partial charge is 0.418 e. The topological polar surface area (TPSA) is 55.1 Å². The van der Waals surface area contributed by atoms with Gasteiger partial charge in [0.2, 0.25) is 0 Å². The molecule has 1 amide bonds. The van der Waals surface area contributed by atoms with Crippen LogP contribution in [0.25, 0.3) is 0 Å². The Hall–Kier alpha value is -1.72. The van der Waals surface area contributed by atoms with Crippen LogP contribution in [0.15, 0.2) is 18.2 Å². The van der Waals surface area contributed by atoms with Crippen molar-refractivity contribution in [3.8, 4) is 0 Å². The number of rotatable bonds is 3. The quantitative estimate of drug-likeness (QED) is 0.831. The zero-order chi connectivity index (χ0) is 14.2. The first-order chi connectivity index (χ1) is 8.80. The minimum Gasteiger partial charge on any atom is -0.398 e. The summed E-state index contributed by atoms with van der Waals surface area (Å²) in [6, 6.07) is 3.36. The Morgan fingerprint density at radius 1 is 1.47 bits per heavy atom. The minimum atomic E-state index is -4.55. The normalized spacial score (nSPS) is 22.1. The van der Waals surface area contributed by atoms with E-state index in [0.717, 1.165) is 12.5 Å². The highest BCUT2D eigenvalue weighted by atomic mass is 19.4. The average molecular weight is 272 g/mol. The van der Waals surface area contributed by atoms with Crippen molar-refractivity contribution in [2.24, 2.45) is 11.8 Å². The van der Waals surface area contributed by atoms with E-state index in [2.05, 4.69) is 12.2 Å². The summed E-state index contributed by atoms with van der Waals surface area (Å²) in [7, 11) is 0. The number of carbonyl (C=O) groups excluding carboxylic acids is 1. The molecule has 2 unspecified atom stereocenters. The zero-order valence-electron chi connectivity index (χ0n) is 10.4. The van der Waals surface area contributed by atoms with Crippen molar-refractivity contribution < 1.29 is 18.0 Å². The maximum Gasteiger partial charge on any atom is 0.418 e. The van der Waals surface area contributed by atoms with Crippen LogP contribution in [0, 0.1) is 11.8 Å². The lowest BCUT2D eigenvalue weighted by molar-refractivity contribution is -0.136. The van der Waals surface area contributed by atoms with Crippen molar-refractivity contribution in [3.05, 3.63) is 29.3 Å². The first-order valence-corrected chi connectivity index (χ1v) is 6.04. The molecule has 1 fully saturated rings. The Balaban J connectivity index is 2.13. The summed E-state index contributed by atoms with van der Waals surface area (Å²) in [6.45, 7) is 2.55. The van der Waals surface area contributed by atoms with Gasteiger partial charge in [0, 0.05) is 6.54 Å². The standard InChI is InChI=1S/C13H15F3N2O/c1-7-5-8(7)6-18-12(19)9-3-2-4-10(11(9)17)13(14,15)16/h2-4,7-8H,5-6,17H2,1H3,(H,18,19). The number of alkyl halides is 3. The molecule has 104 valence electrons. The number of nitrogens with one attached hydrogen (secondary N) is 1. The monoisotopic (exact) mass is 272 g/mol. The molecule has 0 radical (unpaired) electrons. The third-order valence-corrected chi connectivity index (χ3v) is 3.46. The van der Waals surface area contributed by atoms with Gasteiger partial charge in [-0.2, -0.15) is 13.2 Å². The molecule has 3 nitrogen and oxygen atoms in total. The molecular formula is C13H15F3N2O. The molecule has 0 aromatic heterocycles. The second-order valence-electron chi connectivity index (χ2n) is 4.95. The molecule has 2 atom stereocenters. The smallest absolute Gasteiger partial charge is 0.398 e. The lowest BCUT2D eigenvalue weighted by Gasteiger charge is -2.13. The SMILES string of the molecule is CC1CC1CNC(=O)c1cccc(C(F)(F)F)c1N. The van der Waals surface area contributed by atoms with Crippen LogP contribution in [-0.2, 0) is 6.18 Å². The van der Waals surface area contributed by atoms with Crippen LogP contribution in [0.3, 0.4) is 0 Å². The van der Waals surface area contributed by atoms with Gasteiger partial charge in [0.15, 0.2) is 0 Å². The van der Waals surface area contributed by atoms with Crippen molar-refractivity contribution in [3.63, 3.8) is 0 Å². The summed E-state index contributed by atoms with van der Waals surface area (Å²) in [5.41, 5.74) is 3.83. The molecule has 1 aromatic carbocycles. The maximum absolute atomic E-state index is 12.7. The number of carbonyl (C=O) groups is 1. The van der Waals surface area contributed by atoms with Gasteiger partial charge in [-0.25, -0.2) is 0 Å². The summed E-state index contributed by atoms with van der Waals surface area (Å²) >= 11 is 0. The molecule has 1 saturated carbocycles. The van der Waals surface area contributed by atoms with Gasteiger partial charge in [-0.15, -0.1) is 0 Å². The number of benzene rings is 1. The highest BCUT2D eigenvalue weighted by molar-refractivity contribution is 5.99. The fourth-order valence-electron chi connectivity index (χ4n) is 2.01. The van der Waals surface area contributed by atoms with Crippen LogP contribution < -0.4 is 11.1 Å². The van der Waals surface area contributed by atoms with Crippen molar-refractivity contribution >= 4 is 11.6 Å².